The van der Waals surface area contributed by atoms with Crippen molar-refractivity contribution < 1.29 is 14.6 Å². The van der Waals surface area contributed by atoms with Crippen LogP contribution in [-0.2, 0) is 6.54 Å². The van der Waals surface area contributed by atoms with Gasteiger partial charge >= 0.3 is 5.97 Å². The van der Waals surface area contributed by atoms with Crippen LogP contribution in [0.1, 0.15) is 16.3 Å². The molecule has 2 aromatic rings. The maximum Gasteiger partial charge on any atom is 0.356 e. The summed E-state index contributed by atoms with van der Waals surface area (Å²) in [4.78, 5) is 17.3. The number of carboxylic acid groups (broad SMARTS) is 1. The molecule has 6 heteroatoms. The van der Waals surface area contributed by atoms with Crippen LogP contribution in [0.15, 0.2) is 18.3 Å². The van der Waals surface area contributed by atoms with E-state index in [0.717, 1.165) is 0 Å². The summed E-state index contributed by atoms with van der Waals surface area (Å²) in [6, 6.07) is 3.45. The number of nitrogens with zero attached hydrogens (tertiary/aromatic N) is 3. The number of hydrogen-bond acceptors (Lipinski definition) is 4. The summed E-state index contributed by atoms with van der Waals surface area (Å²) in [6.07, 6.45) is 1.77. The lowest BCUT2D eigenvalue weighted by Crippen LogP contribution is -2.13. The van der Waals surface area contributed by atoms with Gasteiger partial charge in [-0.25, -0.2) is 9.78 Å². The highest BCUT2D eigenvalue weighted by Crippen LogP contribution is 2.20. The summed E-state index contributed by atoms with van der Waals surface area (Å²) >= 11 is 0. The van der Waals surface area contributed by atoms with Crippen LogP contribution in [0.5, 0.6) is 5.75 Å². The number of rotatable bonds is 4. The van der Waals surface area contributed by atoms with E-state index in [1.807, 2.05) is 19.0 Å². The predicted molar refractivity (Wildman–Crippen MR) is 66.1 cm³/mol. The molecule has 0 radical (unpaired) electrons. The van der Waals surface area contributed by atoms with Gasteiger partial charge in [-0.2, -0.15) is 0 Å². The van der Waals surface area contributed by atoms with E-state index in [9.17, 15) is 4.79 Å². The van der Waals surface area contributed by atoms with Crippen molar-refractivity contribution in [2.24, 2.45) is 0 Å². The zero-order chi connectivity index (χ0) is 13.3. The molecule has 0 amide bonds. The lowest BCUT2D eigenvalue weighted by atomic mass is 10.3. The second-order valence-electron chi connectivity index (χ2n) is 4.24. The molecule has 6 nitrogen and oxygen atoms in total. The number of ether oxygens (including phenoxy) is 1. The summed E-state index contributed by atoms with van der Waals surface area (Å²) in [7, 11) is 5.36. The standard InChI is InChI=1S/C12H15N3O3/c1-14(2)7-10-13-11(12(16)17)9-6-8(18-3)4-5-15(9)10/h4-6H,7H2,1-3H3,(H,16,17). The molecule has 2 rings (SSSR count). The largest absolute Gasteiger partial charge is 0.497 e. The summed E-state index contributed by atoms with van der Waals surface area (Å²) in [5, 5.41) is 9.16. The second kappa shape index (κ2) is 4.66. The fourth-order valence-corrected chi connectivity index (χ4v) is 1.81. The summed E-state index contributed by atoms with van der Waals surface area (Å²) in [5.74, 6) is 0.266. The molecule has 0 saturated carbocycles. The Morgan fingerprint density at radius 1 is 1.56 bits per heavy atom. The number of carboxylic acids is 1. The highest BCUT2D eigenvalue weighted by molar-refractivity contribution is 5.94. The van der Waals surface area contributed by atoms with E-state index in [-0.39, 0.29) is 5.69 Å². The van der Waals surface area contributed by atoms with E-state index in [0.29, 0.717) is 23.6 Å². The fourth-order valence-electron chi connectivity index (χ4n) is 1.81. The maximum atomic E-state index is 11.2. The van der Waals surface area contributed by atoms with Gasteiger partial charge in [0.2, 0.25) is 0 Å². The van der Waals surface area contributed by atoms with E-state index in [1.165, 1.54) is 0 Å². The molecule has 0 aromatic carbocycles. The summed E-state index contributed by atoms with van der Waals surface area (Å²) in [6.45, 7) is 0.570. The van der Waals surface area contributed by atoms with Crippen LogP contribution in [0.4, 0.5) is 0 Å². The number of fused-ring (bicyclic) bond motifs is 1. The van der Waals surface area contributed by atoms with E-state index in [2.05, 4.69) is 4.98 Å². The summed E-state index contributed by atoms with van der Waals surface area (Å²) in [5.41, 5.74) is 0.587. The average molecular weight is 249 g/mol. The van der Waals surface area contributed by atoms with Crippen molar-refractivity contribution in [1.29, 1.82) is 0 Å². The molecule has 0 aliphatic heterocycles. The minimum absolute atomic E-state index is 0.0470. The van der Waals surface area contributed by atoms with Crippen molar-refractivity contribution in [3.63, 3.8) is 0 Å². The fraction of sp³-hybridized carbons (Fsp3) is 0.333. The Bertz CT molecular complexity index is 590. The van der Waals surface area contributed by atoms with Gasteiger partial charge in [0.05, 0.1) is 19.2 Å². The molecule has 0 aliphatic carbocycles. The van der Waals surface area contributed by atoms with Crippen LogP contribution in [0.25, 0.3) is 5.52 Å². The van der Waals surface area contributed by atoms with Gasteiger partial charge in [-0.05, 0) is 20.2 Å². The van der Waals surface area contributed by atoms with Crippen LogP contribution in [-0.4, -0.2) is 46.6 Å². The van der Waals surface area contributed by atoms with E-state index in [4.69, 9.17) is 9.84 Å². The number of pyridine rings is 1. The molecule has 0 fully saturated rings. The Labute approximate surface area is 104 Å². The Hall–Kier alpha value is -2.08. The Kier molecular flexibility index (Phi) is 3.20. The molecular weight excluding hydrogens is 234 g/mol. The van der Waals surface area contributed by atoms with Gasteiger partial charge in [-0.3, -0.25) is 0 Å². The highest BCUT2D eigenvalue weighted by Gasteiger charge is 2.17. The molecule has 0 aliphatic rings. The van der Waals surface area contributed by atoms with Gasteiger partial charge in [-0.1, -0.05) is 0 Å². The van der Waals surface area contributed by atoms with E-state index < -0.39 is 5.97 Å². The molecule has 0 unspecified atom stereocenters. The van der Waals surface area contributed by atoms with Gasteiger partial charge in [0, 0.05) is 12.3 Å². The Morgan fingerprint density at radius 2 is 2.28 bits per heavy atom. The highest BCUT2D eigenvalue weighted by atomic mass is 16.5. The third-order valence-corrected chi connectivity index (χ3v) is 2.58. The minimum atomic E-state index is -1.04. The molecule has 96 valence electrons. The van der Waals surface area contributed by atoms with Crippen LogP contribution < -0.4 is 4.74 Å². The van der Waals surface area contributed by atoms with Gasteiger partial charge in [0.15, 0.2) is 5.69 Å². The predicted octanol–water partition coefficient (Wildman–Crippen LogP) is 1.10. The molecule has 18 heavy (non-hydrogen) atoms. The van der Waals surface area contributed by atoms with Crippen molar-refractivity contribution in [2.45, 2.75) is 6.54 Å². The SMILES string of the molecule is COc1ccn2c(CN(C)C)nc(C(=O)O)c2c1. The average Bonchev–Trinajstić information content (AvgIpc) is 2.66. The smallest absolute Gasteiger partial charge is 0.356 e. The van der Waals surface area contributed by atoms with E-state index in [1.54, 1.807) is 29.8 Å². The number of aromatic carboxylic acids is 1. The Balaban J connectivity index is 2.64. The molecule has 0 bridgehead atoms. The molecular formula is C12H15N3O3. The van der Waals surface area contributed by atoms with Gasteiger partial charge in [-0.15, -0.1) is 0 Å². The normalized spacial score (nSPS) is 11.1. The van der Waals surface area contributed by atoms with Crippen molar-refractivity contribution >= 4 is 11.5 Å². The lowest BCUT2D eigenvalue weighted by molar-refractivity contribution is 0.0693. The van der Waals surface area contributed by atoms with Gasteiger partial charge < -0.3 is 19.1 Å². The van der Waals surface area contributed by atoms with Gasteiger partial charge in [0.1, 0.15) is 11.6 Å². The number of aromatic nitrogens is 2. The number of hydrogen-bond donors (Lipinski definition) is 1. The molecule has 2 aromatic heterocycles. The lowest BCUT2D eigenvalue weighted by Gasteiger charge is -2.08. The quantitative estimate of drug-likeness (QED) is 0.879. The maximum absolute atomic E-state index is 11.2. The molecule has 2 heterocycles. The van der Waals surface area contributed by atoms with Crippen molar-refractivity contribution in [2.75, 3.05) is 21.2 Å². The summed E-state index contributed by atoms with van der Waals surface area (Å²) < 4.78 is 6.87. The van der Waals surface area contributed by atoms with Crippen LogP contribution in [0.2, 0.25) is 0 Å². The molecule has 0 atom stereocenters. The monoisotopic (exact) mass is 249 g/mol. The van der Waals surface area contributed by atoms with Crippen LogP contribution in [0, 0.1) is 0 Å². The van der Waals surface area contributed by atoms with Crippen molar-refractivity contribution in [3.8, 4) is 5.75 Å². The third-order valence-electron chi connectivity index (χ3n) is 2.58. The van der Waals surface area contributed by atoms with Crippen LogP contribution in [0.3, 0.4) is 0 Å². The third kappa shape index (κ3) is 2.14. The molecule has 1 N–H and O–H groups in total. The van der Waals surface area contributed by atoms with Crippen LogP contribution >= 0.6 is 0 Å². The first-order chi connectivity index (χ1) is 8.52. The minimum Gasteiger partial charge on any atom is -0.497 e. The van der Waals surface area contributed by atoms with E-state index >= 15 is 0 Å². The zero-order valence-electron chi connectivity index (χ0n) is 10.5. The van der Waals surface area contributed by atoms with Crippen molar-refractivity contribution in [3.05, 3.63) is 29.8 Å². The Morgan fingerprint density at radius 3 is 2.83 bits per heavy atom. The molecule has 0 saturated heterocycles. The van der Waals surface area contributed by atoms with Gasteiger partial charge in [0.25, 0.3) is 0 Å². The van der Waals surface area contributed by atoms with Crippen molar-refractivity contribution in [1.82, 2.24) is 14.3 Å². The second-order valence-corrected chi connectivity index (χ2v) is 4.24. The first-order valence-electron chi connectivity index (χ1n) is 5.46. The topological polar surface area (TPSA) is 67.1 Å². The molecule has 0 spiro atoms. The number of methoxy groups -OCH3 is 1. The number of carbonyl (C=O) groups is 1. The first kappa shape index (κ1) is 12.4. The zero-order valence-corrected chi connectivity index (χ0v) is 10.5. The number of imidazole rings is 1. The first-order valence-corrected chi connectivity index (χ1v) is 5.46.